The Kier molecular flexibility index (Phi) is 3.36. The van der Waals surface area contributed by atoms with Crippen molar-refractivity contribution in [3.8, 4) is 0 Å². The van der Waals surface area contributed by atoms with Crippen LogP contribution in [0.4, 0.5) is 4.39 Å². The monoisotopic (exact) mass is 206 g/mol. The highest BCUT2D eigenvalue weighted by Crippen LogP contribution is 2.27. The van der Waals surface area contributed by atoms with E-state index in [2.05, 4.69) is 0 Å². The van der Waals surface area contributed by atoms with Crippen LogP contribution in [0.25, 0.3) is 0 Å². The molecule has 0 amide bonds. The summed E-state index contributed by atoms with van der Waals surface area (Å²) in [6.07, 6.45) is 0.708. The Hall–Kier alpha value is -0.270. The highest BCUT2D eigenvalue weighted by atomic mass is 35.5. The standard InChI is InChI=1S/C9H9Cl2F/c1-2-8(11)7-4-3-6(10)5-9(7)12/h3-5,8H,2H2,1H3. The van der Waals surface area contributed by atoms with Crippen LogP contribution < -0.4 is 0 Å². The summed E-state index contributed by atoms with van der Waals surface area (Å²) in [5.41, 5.74) is 0.517. The van der Waals surface area contributed by atoms with Gasteiger partial charge in [-0.3, -0.25) is 0 Å². The van der Waals surface area contributed by atoms with Gasteiger partial charge in [-0.25, -0.2) is 4.39 Å². The number of halogens is 3. The fraction of sp³-hybridized carbons (Fsp3) is 0.333. The Labute approximate surface area is 81.3 Å². The SMILES string of the molecule is CCC(Cl)c1ccc(Cl)cc1F. The van der Waals surface area contributed by atoms with E-state index in [1.807, 2.05) is 6.92 Å². The lowest BCUT2D eigenvalue weighted by Crippen LogP contribution is -1.92. The molecule has 0 fully saturated rings. The molecule has 3 heteroatoms. The summed E-state index contributed by atoms with van der Waals surface area (Å²) in [6.45, 7) is 1.91. The normalized spacial score (nSPS) is 13.0. The third-order valence-corrected chi connectivity index (χ3v) is 2.44. The van der Waals surface area contributed by atoms with Gasteiger partial charge in [0.2, 0.25) is 0 Å². The fourth-order valence-electron chi connectivity index (χ4n) is 0.975. The molecule has 66 valence electrons. The quantitative estimate of drug-likeness (QED) is 0.638. The number of benzene rings is 1. The first-order valence-corrected chi connectivity index (χ1v) is 4.55. The second-order valence-corrected chi connectivity index (χ2v) is 3.50. The van der Waals surface area contributed by atoms with Crippen molar-refractivity contribution >= 4 is 23.2 Å². The molecule has 0 N–H and O–H groups in total. The smallest absolute Gasteiger partial charge is 0.129 e. The summed E-state index contributed by atoms with van der Waals surface area (Å²) >= 11 is 11.4. The summed E-state index contributed by atoms with van der Waals surface area (Å²) in [4.78, 5) is 0. The Morgan fingerprint density at radius 2 is 2.17 bits per heavy atom. The Bertz CT molecular complexity index is 273. The number of rotatable bonds is 2. The number of alkyl halides is 1. The number of hydrogen-bond donors (Lipinski definition) is 0. The summed E-state index contributed by atoms with van der Waals surface area (Å²) in [6, 6.07) is 4.55. The lowest BCUT2D eigenvalue weighted by molar-refractivity contribution is 0.604. The first-order valence-electron chi connectivity index (χ1n) is 3.74. The predicted molar refractivity (Wildman–Crippen MR) is 50.3 cm³/mol. The van der Waals surface area contributed by atoms with Crippen LogP contribution in [0.2, 0.25) is 5.02 Å². The van der Waals surface area contributed by atoms with Gasteiger partial charge in [0.05, 0.1) is 5.38 Å². The minimum atomic E-state index is -0.329. The van der Waals surface area contributed by atoms with Crippen molar-refractivity contribution in [2.75, 3.05) is 0 Å². The number of hydrogen-bond acceptors (Lipinski definition) is 0. The maximum Gasteiger partial charge on any atom is 0.129 e. The molecule has 0 aromatic heterocycles. The summed E-state index contributed by atoms with van der Waals surface area (Å²) in [7, 11) is 0. The van der Waals surface area contributed by atoms with Crippen LogP contribution >= 0.6 is 23.2 Å². The molecule has 0 saturated carbocycles. The van der Waals surface area contributed by atoms with Gasteiger partial charge in [-0.05, 0) is 18.6 Å². The third-order valence-electron chi connectivity index (χ3n) is 1.66. The first kappa shape index (κ1) is 9.82. The van der Waals surface area contributed by atoms with E-state index in [0.29, 0.717) is 17.0 Å². The molecular formula is C9H9Cl2F. The van der Waals surface area contributed by atoms with Crippen LogP contribution in [0.1, 0.15) is 24.3 Å². The van der Waals surface area contributed by atoms with Crippen molar-refractivity contribution in [1.29, 1.82) is 0 Å². The van der Waals surface area contributed by atoms with Crippen molar-refractivity contribution in [3.63, 3.8) is 0 Å². The zero-order valence-corrected chi connectivity index (χ0v) is 8.16. The van der Waals surface area contributed by atoms with Crippen LogP contribution in [0.15, 0.2) is 18.2 Å². The lowest BCUT2D eigenvalue weighted by Gasteiger charge is -2.07. The minimum absolute atomic E-state index is 0.262. The van der Waals surface area contributed by atoms with Gasteiger partial charge in [-0.1, -0.05) is 24.6 Å². The van der Waals surface area contributed by atoms with Crippen LogP contribution in [-0.4, -0.2) is 0 Å². The van der Waals surface area contributed by atoms with E-state index in [1.165, 1.54) is 6.07 Å². The molecule has 1 atom stereocenters. The average molecular weight is 207 g/mol. The molecule has 1 aromatic carbocycles. The van der Waals surface area contributed by atoms with Crippen molar-refractivity contribution < 1.29 is 4.39 Å². The highest BCUT2D eigenvalue weighted by Gasteiger charge is 2.10. The molecule has 12 heavy (non-hydrogen) atoms. The van der Waals surface area contributed by atoms with E-state index in [-0.39, 0.29) is 11.2 Å². The van der Waals surface area contributed by atoms with E-state index in [4.69, 9.17) is 23.2 Å². The zero-order valence-electron chi connectivity index (χ0n) is 6.65. The minimum Gasteiger partial charge on any atom is -0.207 e. The van der Waals surface area contributed by atoms with Gasteiger partial charge in [0.25, 0.3) is 0 Å². The topological polar surface area (TPSA) is 0 Å². The molecule has 0 spiro atoms. The zero-order chi connectivity index (χ0) is 9.14. The van der Waals surface area contributed by atoms with E-state index in [9.17, 15) is 4.39 Å². The Morgan fingerprint density at radius 1 is 1.50 bits per heavy atom. The van der Waals surface area contributed by atoms with E-state index >= 15 is 0 Å². The van der Waals surface area contributed by atoms with E-state index in [1.54, 1.807) is 12.1 Å². The summed E-state index contributed by atoms with van der Waals surface area (Å²) in [5.74, 6) is -0.329. The highest BCUT2D eigenvalue weighted by molar-refractivity contribution is 6.30. The molecule has 1 rings (SSSR count). The molecule has 1 unspecified atom stereocenters. The molecule has 0 radical (unpaired) electrons. The molecule has 0 saturated heterocycles. The summed E-state index contributed by atoms with van der Waals surface area (Å²) in [5, 5.41) is 0.137. The van der Waals surface area contributed by atoms with Crippen LogP contribution in [0.3, 0.4) is 0 Å². The van der Waals surface area contributed by atoms with Crippen molar-refractivity contribution in [3.05, 3.63) is 34.6 Å². The second-order valence-electron chi connectivity index (χ2n) is 2.54. The van der Waals surface area contributed by atoms with Crippen molar-refractivity contribution in [1.82, 2.24) is 0 Å². The van der Waals surface area contributed by atoms with Gasteiger partial charge in [0.1, 0.15) is 5.82 Å². The third kappa shape index (κ3) is 2.11. The molecule has 0 aliphatic heterocycles. The summed E-state index contributed by atoms with van der Waals surface area (Å²) < 4.78 is 13.1. The van der Waals surface area contributed by atoms with Gasteiger partial charge in [-0.2, -0.15) is 0 Å². The largest absolute Gasteiger partial charge is 0.207 e. The maximum atomic E-state index is 13.1. The van der Waals surface area contributed by atoms with E-state index in [0.717, 1.165) is 0 Å². The van der Waals surface area contributed by atoms with Gasteiger partial charge < -0.3 is 0 Å². The molecule has 0 aliphatic rings. The molecule has 1 aromatic rings. The van der Waals surface area contributed by atoms with Gasteiger partial charge in [0.15, 0.2) is 0 Å². The van der Waals surface area contributed by atoms with Gasteiger partial charge >= 0.3 is 0 Å². The van der Waals surface area contributed by atoms with Crippen LogP contribution in [-0.2, 0) is 0 Å². The van der Waals surface area contributed by atoms with E-state index < -0.39 is 0 Å². The molecule has 0 heterocycles. The first-order chi connectivity index (χ1) is 5.65. The Morgan fingerprint density at radius 3 is 2.67 bits per heavy atom. The van der Waals surface area contributed by atoms with Crippen LogP contribution in [0, 0.1) is 5.82 Å². The molecule has 0 nitrogen and oxygen atoms in total. The van der Waals surface area contributed by atoms with Crippen molar-refractivity contribution in [2.45, 2.75) is 18.7 Å². The van der Waals surface area contributed by atoms with Gasteiger partial charge in [0, 0.05) is 10.6 Å². The van der Waals surface area contributed by atoms with Gasteiger partial charge in [-0.15, -0.1) is 11.6 Å². The Balaban J connectivity index is 3.01. The molecular weight excluding hydrogens is 198 g/mol. The molecule has 0 aliphatic carbocycles. The average Bonchev–Trinajstić information content (AvgIpc) is 2.03. The lowest BCUT2D eigenvalue weighted by atomic mass is 10.1. The maximum absolute atomic E-state index is 13.1. The predicted octanol–water partition coefficient (Wildman–Crippen LogP) is 4.17. The second kappa shape index (κ2) is 4.11. The molecule has 0 bridgehead atoms. The fourth-order valence-corrected chi connectivity index (χ4v) is 1.31. The van der Waals surface area contributed by atoms with Crippen LogP contribution in [0.5, 0.6) is 0 Å². The van der Waals surface area contributed by atoms with Crippen molar-refractivity contribution in [2.24, 2.45) is 0 Å².